The first-order valence-corrected chi connectivity index (χ1v) is 9.57. The van der Waals surface area contributed by atoms with Crippen LogP contribution in [-0.4, -0.2) is 35.4 Å². The third kappa shape index (κ3) is 2.73. The quantitative estimate of drug-likeness (QED) is 0.723. The van der Waals surface area contributed by atoms with Crippen LogP contribution in [0.1, 0.15) is 12.1 Å². The Kier molecular flexibility index (Phi) is 3.85. The number of hydrogen-bond acceptors (Lipinski definition) is 3. The number of rotatable bonds is 3. The molecule has 0 spiro atoms. The second-order valence-corrected chi connectivity index (χ2v) is 8.33. The van der Waals surface area contributed by atoms with E-state index in [2.05, 4.69) is 15.6 Å². The number of aromatic nitrogens is 2. The molecule has 0 saturated heterocycles. The Morgan fingerprint density at radius 3 is 2.76 bits per heavy atom. The van der Waals surface area contributed by atoms with Crippen molar-refractivity contribution in [1.82, 2.24) is 13.9 Å². The lowest BCUT2D eigenvalue weighted by Crippen LogP contribution is -2.42. The second kappa shape index (κ2) is 5.93. The highest BCUT2D eigenvalue weighted by atomic mass is 32.2. The molecule has 0 radical (unpaired) electrons. The van der Waals surface area contributed by atoms with Crippen molar-refractivity contribution < 1.29 is 12.8 Å². The standard InChI is InChI=1S/C18H18FN3O2S/c1-21(25(23,24)17-8-4-14(19)5-9-17)16-7-6-15-11-13-3-2-10-20-18(13)22(15)12-16/h2-5,8-11,16H,6-7,12H2,1H3. The molecule has 0 aliphatic carbocycles. The Morgan fingerprint density at radius 1 is 1.24 bits per heavy atom. The first-order valence-electron chi connectivity index (χ1n) is 8.13. The van der Waals surface area contributed by atoms with Gasteiger partial charge in [-0.15, -0.1) is 0 Å². The van der Waals surface area contributed by atoms with Crippen LogP contribution < -0.4 is 0 Å². The van der Waals surface area contributed by atoms with E-state index in [1.54, 1.807) is 13.2 Å². The molecule has 0 fully saturated rings. The Hall–Kier alpha value is -2.25. The summed E-state index contributed by atoms with van der Waals surface area (Å²) >= 11 is 0. The van der Waals surface area contributed by atoms with Gasteiger partial charge in [-0.25, -0.2) is 17.8 Å². The lowest BCUT2D eigenvalue weighted by molar-refractivity contribution is 0.294. The van der Waals surface area contributed by atoms with Crippen LogP contribution in [0, 0.1) is 5.82 Å². The van der Waals surface area contributed by atoms with Gasteiger partial charge in [0.1, 0.15) is 11.5 Å². The number of sulfonamides is 1. The number of benzene rings is 1. The number of halogens is 1. The van der Waals surface area contributed by atoms with Crippen molar-refractivity contribution in [2.24, 2.45) is 0 Å². The zero-order chi connectivity index (χ0) is 17.6. The summed E-state index contributed by atoms with van der Waals surface area (Å²) in [6.45, 7) is 0.562. The summed E-state index contributed by atoms with van der Waals surface area (Å²) in [6, 6.07) is 10.8. The zero-order valence-corrected chi connectivity index (χ0v) is 14.6. The fourth-order valence-electron chi connectivity index (χ4n) is 3.43. The summed E-state index contributed by atoms with van der Waals surface area (Å²) in [5, 5.41) is 1.07. The van der Waals surface area contributed by atoms with Crippen LogP contribution in [0.5, 0.6) is 0 Å². The molecule has 1 aromatic carbocycles. The highest BCUT2D eigenvalue weighted by Gasteiger charge is 2.31. The van der Waals surface area contributed by atoms with Crippen LogP contribution in [0.25, 0.3) is 11.0 Å². The number of aryl methyl sites for hydroxylation is 1. The van der Waals surface area contributed by atoms with Crippen molar-refractivity contribution >= 4 is 21.1 Å². The molecule has 2 aromatic heterocycles. The van der Waals surface area contributed by atoms with E-state index < -0.39 is 15.8 Å². The molecule has 5 nitrogen and oxygen atoms in total. The minimum absolute atomic E-state index is 0.109. The fourth-order valence-corrected chi connectivity index (χ4v) is 4.81. The molecular weight excluding hydrogens is 341 g/mol. The predicted octanol–water partition coefficient (Wildman–Crippen LogP) is 2.81. The van der Waals surface area contributed by atoms with Gasteiger partial charge in [-0.3, -0.25) is 0 Å². The van der Waals surface area contributed by atoms with E-state index in [-0.39, 0.29) is 10.9 Å². The topological polar surface area (TPSA) is 55.2 Å². The van der Waals surface area contributed by atoms with Crippen LogP contribution in [0.2, 0.25) is 0 Å². The highest BCUT2D eigenvalue weighted by molar-refractivity contribution is 7.89. The molecule has 0 saturated carbocycles. The van der Waals surface area contributed by atoms with Gasteiger partial charge in [0.05, 0.1) is 4.90 Å². The molecule has 1 unspecified atom stereocenters. The van der Waals surface area contributed by atoms with E-state index in [1.165, 1.54) is 34.3 Å². The van der Waals surface area contributed by atoms with E-state index in [0.717, 1.165) is 23.9 Å². The van der Waals surface area contributed by atoms with Crippen molar-refractivity contribution in [2.75, 3.05) is 7.05 Å². The predicted molar refractivity (Wildman–Crippen MR) is 93.2 cm³/mol. The summed E-state index contributed by atoms with van der Waals surface area (Å²) in [7, 11) is -2.07. The van der Waals surface area contributed by atoms with Crippen molar-refractivity contribution in [2.45, 2.75) is 30.3 Å². The van der Waals surface area contributed by atoms with Crippen LogP contribution >= 0.6 is 0 Å². The molecule has 1 aliphatic heterocycles. The number of hydrogen-bond donors (Lipinski definition) is 0. The van der Waals surface area contributed by atoms with Crippen LogP contribution in [-0.2, 0) is 23.0 Å². The average Bonchev–Trinajstić information content (AvgIpc) is 2.99. The molecule has 3 heterocycles. The minimum Gasteiger partial charge on any atom is -0.328 e. The van der Waals surface area contributed by atoms with Crippen LogP contribution in [0.4, 0.5) is 4.39 Å². The molecule has 4 rings (SSSR count). The summed E-state index contributed by atoms with van der Waals surface area (Å²) in [4.78, 5) is 4.54. The van der Waals surface area contributed by atoms with Crippen molar-refractivity contribution in [3.05, 3.63) is 60.2 Å². The lowest BCUT2D eigenvalue weighted by atomic mass is 10.1. The fraction of sp³-hybridized carbons (Fsp3) is 0.278. The molecule has 130 valence electrons. The van der Waals surface area contributed by atoms with E-state index in [9.17, 15) is 12.8 Å². The molecule has 1 atom stereocenters. The van der Waals surface area contributed by atoms with Gasteiger partial charge in [-0.1, -0.05) is 0 Å². The van der Waals surface area contributed by atoms with Gasteiger partial charge < -0.3 is 4.57 Å². The SMILES string of the molecule is CN(C1CCc2cc3cccnc3n2C1)S(=O)(=O)c1ccc(F)cc1. The third-order valence-electron chi connectivity index (χ3n) is 4.87. The van der Waals surface area contributed by atoms with Crippen LogP contribution in [0.15, 0.2) is 53.6 Å². The third-order valence-corrected chi connectivity index (χ3v) is 6.80. The summed E-state index contributed by atoms with van der Waals surface area (Å²) in [5.41, 5.74) is 2.06. The zero-order valence-electron chi connectivity index (χ0n) is 13.8. The monoisotopic (exact) mass is 359 g/mol. The Bertz CT molecular complexity index is 1030. The van der Waals surface area contributed by atoms with Gasteiger partial charge in [0.15, 0.2) is 0 Å². The van der Waals surface area contributed by atoms with Crippen molar-refractivity contribution in [1.29, 1.82) is 0 Å². The van der Waals surface area contributed by atoms with Gasteiger partial charge in [-0.05, 0) is 55.3 Å². The van der Waals surface area contributed by atoms with Gasteiger partial charge in [0.25, 0.3) is 0 Å². The number of pyridine rings is 1. The molecule has 25 heavy (non-hydrogen) atoms. The van der Waals surface area contributed by atoms with Crippen LogP contribution in [0.3, 0.4) is 0 Å². The molecular formula is C18H18FN3O2S. The average molecular weight is 359 g/mol. The number of likely N-dealkylation sites (N-methyl/N-ethyl adjacent to an activating group) is 1. The summed E-state index contributed by atoms with van der Waals surface area (Å²) in [6.07, 6.45) is 3.29. The van der Waals surface area contributed by atoms with Crippen molar-refractivity contribution in [3.8, 4) is 0 Å². The Morgan fingerprint density at radius 2 is 2.00 bits per heavy atom. The maximum absolute atomic E-state index is 13.1. The van der Waals surface area contributed by atoms with Gasteiger partial charge >= 0.3 is 0 Å². The van der Waals surface area contributed by atoms with E-state index in [1.807, 2.05) is 12.1 Å². The Labute approximate surface area is 145 Å². The van der Waals surface area contributed by atoms with Gasteiger partial charge in [0.2, 0.25) is 10.0 Å². The van der Waals surface area contributed by atoms with E-state index in [4.69, 9.17) is 0 Å². The van der Waals surface area contributed by atoms with E-state index >= 15 is 0 Å². The Balaban J connectivity index is 1.65. The first kappa shape index (κ1) is 16.2. The van der Waals surface area contributed by atoms with Gasteiger partial charge in [0, 0.05) is 36.9 Å². The summed E-state index contributed by atoms with van der Waals surface area (Å²) in [5.74, 6) is -0.450. The van der Waals surface area contributed by atoms with E-state index in [0.29, 0.717) is 6.54 Å². The molecule has 7 heteroatoms. The smallest absolute Gasteiger partial charge is 0.243 e. The van der Waals surface area contributed by atoms with Crippen molar-refractivity contribution in [3.63, 3.8) is 0 Å². The normalized spacial score (nSPS) is 17.8. The molecule has 1 aliphatic rings. The maximum Gasteiger partial charge on any atom is 0.243 e. The van der Waals surface area contributed by atoms with Gasteiger partial charge in [-0.2, -0.15) is 4.31 Å². The molecule has 0 N–H and O–H groups in total. The lowest BCUT2D eigenvalue weighted by Gasteiger charge is -2.32. The number of fused-ring (bicyclic) bond motifs is 3. The largest absolute Gasteiger partial charge is 0.328 e. The minimum atomic E-state index is -3.66. The maximum atomic E-state index is 13.1. The molecule has 0 bridgehead atoms. The highest BCUT2D eigenvalue weighted by Crippen LogP contribution is 2.28. The summed E-state index contributed by atoms with van der Waals surface area (Å²) < 4.78 is 42.3. The number of nitrogens with zero attached hydrogens (tertiary/aromatic N) is 3. The second-order valence-electron chi connectivity index (χ2n) is 6.33. The molecule has 0 amide bonds. The first-order chi connectivity index (χ1) is 12.0. The molecule has 3 aromatic rings.